The quantitative estimate of drug-likeness (QED) is 0.0405. The first-order valence-electron chi connectivity index (χ1n) is 34.2. The molecule has 0 saturated carbocycles. The minimum absolute atomic E-state index is 0.320. The molecule has 0 aromatic heterocycles. The summed E-state index contributed by atoms with van der Waals surface area (Å²) in [6.45, 7) is 0.736. The number of benzene rings is 12. The molecule has 8 heteroatoms. The highest BCUT2D eigenvalue weighted by Crippen LogP contribution is 2.48. The van der Waals surface area contributed by atoms with Gasteiger partial charge in [-0.3, -0.25) is 0 Å². The number of fused-ring (bicyclic) bond motifs is 12. The van der Waals surface area contributed by atoms with Crippen LogP contribution in [0.15, 0.2) is 301 Å². The van der Waals surface area contributed by atoms with Gasteiger partial charge in [-0.2, -0.15) is 10.2 Å². The van der Waals surface area contributed by atoms with E-state index in [0.717, 1.165) is 141 Å². The van der Waals surface area contributed by atoms with Crippen LogP contribution in [0.4, 0.5) is 22.7 Å². The van der Waals surface area contributed by atoms with E-state index in [0.29, 0.717) is 24.3 Å². The Labute approximate surface area is 572 Å². The van der Waals surface area contributed by atoms with E-state index in [1.807, 2.05) is 107 Å². The van der Waals surface area contributed by atoms with Crippen LogP contribution in [-0.2, 0) is 9.47 Å². The third-order valence-electron chi connectivity index (χ3n) is 19.2. The lowest BCUT2D eigenvalue weighted by Gasteiger charge is -2.21. The van der Waals surface area contributed by atoms with E-state index in [2.05, 4.69) is 206 Å². The molecule has 0 fully saturated rings. The highest BCUT2D eigenvalue weighted by atomic mass is 16.5. The monoisotopic (exact) mass is 1270 g/mol. The van der Waals surface area contributed by atoms with E-state index < -0.39 is 0 Å². The van der Waals surface area contributed by atoms with Crippen LogP contribution in [0.2, 0.25) is 0 Å². The summed E-state index contributed by atoms with van der Waals surface area (Å²) in [6, 6.07) is 100. The lowest BCUT2D eigenvalue weighted by molar-refractivity contribution is 0.0487. The van der Waals surface area contributed by atoms with Gasteiger partial charge in [0, 0.05) is 22.3 Å². The van der Waals surface area contributed by atoms with E-state index >= 15 is 0 Å². The number of ether oxygens (including phenoxy) is 2. The first kappa shape index (κ1) is 60.9. The molecule has 98 heavy (non-hydrogen) atoms. The average Bonchev–Trinajstić information content (AvgIpc) is 1.63. The zero-order valence-electron chi connectivity index (χ0n) is 54.4. The van der Waals surface area contributed by atoms with Crippen molar-refractivity contribution >= 4 is 69.4 Å². The Bertz CT molecular complexity index is 4730. The number of anilines is 4. The summed E-state index contributed by atoms with van der Waals surface area (Å²) in [5.74, 6) is -0.641. The van der Waals surface area contributed by atoms with Crippen molar-refractivity contribution in [3.8, 4) is 44.5 Å². The summed E-state index contributed by atoms with van der Waals surface area (Å²) >= 11 is 0. The van der Waals surface area contributed by atoms with E-state index in [1.165, 1.54) is 55.7 Å². The molecule has 0 amide bonds. The number of para-hydroxylation sites is 2. The molecule has 12 aromatic rings. The topological polar surface area (TPSA) is 83.8 Å². The van der Waals surface area contributed by atoms with Gasteiger partial charge in [0.25, 0.3) is 0 Å². The first-order chi connectivity index (χ1) is 48.5. The number of hydrogen-bond acceptors (Lipinski definition) is 8. The highest BCUT2D eigenvalue weighted by molar-refractivity contribution is 6.26. The number of nitrogens with zero attached hydrogens (tertiary/aromatic N) is 4. The zero-order valence-corrected chi connectivity index (χ0v) is 54.4. The van der Waals surface area contributed by atoms with E-state index in [1.54, 1.807) is 0 Å². The standard InChI is InChI=1S/C90H70N4O4/c95-89(63-47-53-81-85(59-63)77-39-21-23-41-79(77)87(81)91-93(65-27-9-7-10-28-65)67-49-43-61(44-50-67)57-83-73-35-17-13-31-69(73)70-32-14-18-36-74(70)83)97-55-25-5-3-1-2-4-6-26-56-98-90(96)64-48-54-82-86(60-64)78-40-22-24-42-80(78)88(82)92-94(66-29-11-8-12-30-66)68-51-45-62(46-52-68)58-84-75-37-19-15-33-71(75)72-34-16-20-38-76(72)84/h7-24,27-54,57-60H,1-6,25-26,55-56H2. The number of carbonyl (C=O) groups excluding carboxylic acids is 2. The molecule has 0 atom stereocenters. The van der Waals surface area contributed by atoms with Crippen molar-refractivity contribution in [2.75, 3.05) is 23.2 Å². The van der Waals surface area contributed by atoms with E-state index in [4.69, 9.17) is 19.7 Å². The third kappa shape index (κ3) is 12.1. The van der Waals surface area contributed by atoms with Crippen LogP contribution in [-0.4, -0.2) is 36.6 Å². The molecular weight excluding hydrogens is 1200 g/mol. The fourth-order valence-electron chi connectivity index (χ4n) is 14.4. The van der Waals surface area contributed by atoms with Crippen molar-refractivity contribution < 1.29 is 19.1 Å². The van der Waals surface area contributed by atoms with Crippen LogP contribution >= 0.6 is 0 Å². The first-order valence-corrected chi connectivity index (χ1v) is 34.2. The lowest BCUT2D eigenvalue weighted by atomic mass is 10.0. The van der Waals surface area contributed by atoms with Crippen molar-refractivity contribution in [3.05, 3.63) is 358 Å². The predicted octanol–water partition coefficient (Wildman–Crippen LogP) is 22.1. The smallest absolute Gasteiger partial charge is 0.338 e. The van der Waals surface area contributed by atoms with Crippen molar-refractivity contribution in [1.82, 2.24) is 0 Å². The Morgan fingerprint density at radius 1 is 0.265 bits per heavy atom. The van der Waals surface area contributed by atoms with Crippen LogP contribution in [0.25, 0.3) is 67.8 Å². The summed E-state index contributed by atoms with van der Waals surface area (Å²) in [4.78, 5) is 27.2. The lowest BCUT2D eigenvalue weighted by Crippen LogP contribution is -2.14. The predicted molar refractivity (Wildman–Crippen MR) is 400 cm³/mol. The molecule has 0 heterocycles. The second-order valence-corrected chi connectivity index (χ2v) is 25.4. The van der Waals surface area contributed by atoms with Gasteiger partial charge < -0.3 is 9.47 Å². The molecule has 474 valence electrons. The molecule has 0 bridgehead atoms. The van der Waals surface area contributed by atoms with Gasteiger partial charge in [0.1, 0.15) is 0 Å². The van der Waals surface area contributed by atoms with Gasteiger partial charge in [0.2, 0.25) is 0 Å². The number of unbranched alkanes of at least 4 members (excludes halogenated alkanes) is 7. The Hall–Kier alpha value is -12.0. The Balaban J connectivity index is 0.503. The molecule has 0 saturated heterocycles. The molecule has 0 spiro atoms. The van der Waals surface area contributed by atoms with Gasteiger partial charge in [0.15, 0.2) is 0 Å². The summed E-state index contributed by atoms with van der Waals surface area (Å²) < 4.78 is 11.8. The Morgan fingerprint density at radius 3 is 0.867 bits per heavy atom. The molecule has 12 aromatic carbocycles. The minimum Gasteiger partial charge on any atom is -0.462 e. The average molecular weight is 1270 g/mol. The molecule has 8 nitrogen and oxygen atoms in total. The number of rotatable bonds is 21. The minimum atomic E-state index is -0.320. The normalized spacial score (nSPS) is 13.2. The van der Waals surface area contributed by atoms with Crippen LogP contribution in [0.1, 0.15) is 128 Å². The molecule has 0 radical (unpaired) electrons. The molecule has 0 aliphatic heterocycles. The van der Waals surface area contributed by atoms with Gasteiger partial charge in [-0.05, 0) is 187 Å². The summed E-state index contributed by atoms with van der Waals surface area (Å²) in [7, 11) is 0. The number of carbonyl (C=O) groups is 2. The Kier molecular flexibility index (Phi) is 17.0. The maximum absolute atomic E-state index is 13.6. The number of esters is 2. The summed E-state index contributed by atoms with van der Waals surface area (Å²) in [5, 5.41) is 14.9. The molecule has 0 unspecified atom stereocenters. The van der Waals surface area contributed by atoms with Crippen LogP contribution in [0.5, 0.6) is 0 Å². The van der Waals surface area contributed by atoms with Crippen LogP contribution in [0.3, 0.4) is 0 Å². The van der Waals surface area contributed by atoms with Gasteiger partial charge in [-0.1, -0.05) is 257 Å². The van der Waals surface area contributed by atoms with E-state index in [9.17, 15) is 9.59 Å². The molecule has 4 aliphatic rings. The molecule has 0 N–H and O–H groups in total. The summed E-state index contributed by atoms with van der Waals surface area (Å²) in [6.07, 6.45) is 12.4. The SMILES string of the molecule is O=C(OCCCCCCCCCCOC(=O)c1ccc2c(c1)-c1ccccc1C2=NN(c1ccccc1)c1ccc(C=C2c3ccccc3-c3ccccc32)cc1)c1ccc2c(c1)-c1ccccc1C2=NN(c1ccccc1)c1ccc(C=C2c3ccccc3-c3ccccc32)cc1. The second-order valence-electron chi connectivity index (χ2n) is 25.4. The number of hydrazone groups is 2. The fourth-order valence-corrected chi connectivity index (χ4v) is 14.4. The Morgan fingerprint density at radius 2 is 0.531 bits per heavy atom. The fraction of sp³-hybridized carbons (Fsp3) is 0.111. The van der Waals surface area contributed by atoms with Crippen molar-refractivity contribution in [2.24, 2.45) is 10.2 Å². The van der Waals surface area contributed by atoms with Crippen LogP contribution < -0.4 is 10.0 Å². The zero-order chi connectivity index (χ0) is 65.7. The highest BCUT2D eigenvalue weighted by Gasteiger charge is 2.31. The van der Waals surface area contributed by atoms with Crippen molar-refractivity contribution in [2.45, 2.75) is 51.4 Å². The second kappa shape index (κ2) is 27.4. The molecular formula is C90H70N4O4. The van der Waals surface area contributed by atoms with Crippen LogP contribution in [0, 0.1) is 0 Å². The van der Waals surface area contributed by atoms with Gasteiger partial charge in [0.05, 0.1) is 58.5 Å². The van der Waals surface area contributed by atoms with Crippen molar-refractivity contribution in [1.29, 1.82) is 0 Å². The largest absolute Gasteiger partial charge is 0.462 e. The third-order valence-corrected chi connectivity index (χ3v) is 19.2. The van der Waals surface area contributed by atoms with Gasteiger partial charge in [-0.15, -0.1) is 0 Å². The van der Waals surface area contributed by atoms with Crippen molar-refractivity contribution in [3.63, 3.8) is 0 Å². The van der Waals surface area contributed by atoms with E-state index in [-0.39, 0.29) is 11.9 Å². The van der Waals surface area contributed by atoms with Gasteiger partial charge >= 0.3 is 11.9 Å². The van der Waals surface area contributed by atoms with Gasteiger partial charge in [-0.25, -0.2) is 19.6 Å². The maximum atomic E-state index is 13.6. The maximum Gasteiger partial charge on any atom is 0.338 e. The summed E-state index contributed by atoms with van der Waals surface area (Å²) in [5.41, 5.74) is 29.1. The number of hydrogen-bond donors (Lipinski definition) is 0. The molecule has 4 aliphatic carbocycles. The molecule has 16 rings (SSSR count).